The highest BCUT2D eigenvalue weighted by molar-refractivity contribution is 7.85. The summed E-state index contributed by atoms with van der Waals surface area (Å²) in [6.45, 7) is 1.38. The lowest BCUT2D eigenvalue weighted by Crippen LogP contribution is -2.22. The van der Waals surface area contributed by atoms with Crippen LogP contribution in [0.3, 0.4) is 0 Å². The van der Waals surface area contributed by atoms with E-state index in [1.807, 2.05) is 0 Å². The summed E-state index contributed by atoms with van der Waals surface area (Å²) in [6.07, 6.45) is -0.984. The van der Waals surface area contributed by atoms with Crippen molar-refractivity contribution < 1.29 is 27.6 Å². The predicted octanol–water partition coefficient (Wildman–Crippen LogP) is 0.926. The van der Waals surface area contributed by atoms with Crippen molar-refractivity contribution >= 4 is 16.1 Å². The van der Waals surface area contributed by atoms with Crippen molar-refractivity contribution in [3.05, 3.63) is 29.8 Å². The Kier molecular flexibility index (Phi) is 4.08. The van der Waals surface area contributed by atoms with Gasteiger partial charge in [0.15, 0.2) is 6.10 Å². The minimum Gasteiger partial charge on any atom is -0.479 e. The number of aliphatic carboxylic acids is 1. The van der Waals surface area contributed by atoms with Crippen LogP contribution in [0.4, 0.5) is 0 Å². The van der Waals surface area contributed by atoms with Crippen LogP contribution in [0.2, 0.25) is 0 Å². The fourth-order valence-electron chi connectivity index (χ4n) is 1.13. The Morgan fingerprint density at radius 3 is 2.29 bits per heavy atom. The highest BCUT2D eigenvalue weighted by Gasteiger charge is 2.12. The van der Waals surface area contributed by atoms with Crippen LogP contribution in [0, 0.1) is 0 Å². The lowest BCUT2D eigenvalue weighted by atomic mass is 10.2. The Labute approximate surface area is 98.6 Å². The lowest BCUT2D eigenvalue weighted by molar-refractivity contribution is -0.144. The van der Waals surface area contributed by atoms with Crippen LogP contribution in [-0.4, -0.2) is 30.2 Å². The monoisotopic (exact) mass is 260 g/mol. The van der Waals surface area contributed by atoms with Crippen LogP contribution < -0.4 is 4.74 Å². The van der Waals surface area contributed by atoms with Crippen molar-refractivity contribution in [2.45, 2.75) is 18.8 Å². The molecule has 0 fully saturated rings. The van der Waals surface area contributed by atoms with Crippen LogP contribution >= 0.6 is 0 Å². The van der Waals surface area contributed by atoms with Crippen molar-refractivity contribution in [3.63, 3.8) is 0 Å². The SMILES string of the molecule is CC(Oc1ccc(CS(=O)(=O)O)cc1)C(=O)O. The molecule has 1 unspecified atom stereocenters. The molecule has 1 rings (SSSR count). The van der Waals surface area contributed by atoms with Crippen molar-refractivity contribution in [2.75, 3.05) is 0 Å². The zero-order valence-corrected chi connectivity index (χ0v) is 9.85. The molecule has 0 aliphatic rings. The van der Waals surface area contributed by atoms with Gasteiger partial charge in [-0.3, -0.25) is 4.55 Å². The van der Waals surface area contributed by atoms with Gasteiger partial charge in [-0.25, -0.2) is 4.79 Å². The maximum absolute atomic E-state index is 10.6. The Hall–Kier alpha value is -1.60. The molecule has 0 aromatic heterocycles. The molecule has 94 valence electrons. The quantitative estimate of drug-likeness (QED) is 0.764. The smallest absolute Gasteiger partial charge is 0.344 e. The molecule has 0 saturated heterocycles. The molecule has 0 amide bonds. The van der Waals surface area contributed by atoms with Gasteiger partial charge in [-0.05, 0) is 24.6 Å². The van der Waals surface area contributed by atoms with Gasteiger partial charge in [0.1, 0.15) is 11.5 Å². The topological polar surface area (TPSA) is 101 Å². The number of carboxylic acids is 1. The minimum atomic E-state index is -4.06. The third-order valence-electron chi connectivity index (χ3n) is 1.93. The maximum atomic E-state index is 10.6. The van der Waals surface area contributed by atoms with E-state index >= 15 is 0 Å². The van der Waals surface area contributed by atoms with E-state index < -0.39 is 27.9 Å². The molecule has 17 heavy (non-hydrogen) atoms. The second kappa shape index (κ2) is 5.15. The van der Waals surface area contributed by atoms with Crippen LogP contribution in [0.25, 0.3) is 0 Å². The number of carbonyl (C=O) groups is 1. The summed E-state index contributed by atoms with van der Waals surface area (Å²) in [6, 6.07) is 5.77. The molecule has 2 N–H and O–H groups in total. The Balaban J connectivity index is 2.72. The van der Waals surface area contributed by atoms with Gasteiger partial charge >= 0.3 is 5.97 Å². The Morgan fingerprint density at radius 1 is 1.35 bits per heavy atom. The molecule has 0 saturated carbocycles. The molecular weight excluding hydrogens is 248 g/mol. The molecule has 0 aliphatic carbocycles. The van der Waals surface area contributed by atoms with Crippen molar-refractivity contribution in [1.82, 2.24) is 0 Å². The molecule has 1 aromatic rings. The molecule has 1 atom stereocenters. The fourth-order valence-corrected chi connectivity index (χ4v) is 1.74. The Bertz CT molecular complexity index is 490. The zero-order chi connectivity index (χ0) is 13.1. The van der Waals surface area contributed by atoms with Crippen LogP contribution in [0.5, 0.6) is 5.75 Å². The third kappa shape index (κ3) is 4.83. The number of rotatable bonds is 5. The molecule has 0 heterocycles. The van der Waals surface area contributed by atoms with E-state index in [-0.39, 0.29) is 0 Å². The molecule has 0 bridgehead atoms. The molecule has 0 aliphatic heterocycles. The average Bonchev–Trinajstić information content (AvgIpc) is 2.18. The largest absolute Gasteiger partial charge is 0.479 e. The van der Waals surface area contributed by atoms with E-state index in [4.69, 9.17) is 14.4 Å². The first kappa shape index (κ1) is 13.5. The molecule has 1 aromatic carbocycles. The highest BCUT2D eigenvalue weighted by Crippen LogP contribution is 2.15. The molecule has 6 nitrogen and oxygen atoms in total. The van der Waals surface area contributed by atoms with E-state index in [0.29, 0.717) is 11.3 Å². The highest BCUT2D eigenvalue weighted by atomic mass is 32.2. The van der Waals surface area contributed by atoms with Gasteiger partial charge in [-0.2, -0.15) is 8.42 Å². The van der Waals surface area contributed by atoms with E-state index in [1.165, 1.54) is 31.2 Å². The summed E-state index contributed by atoms with van der Waals surface area (Å²) in [5.41, 5.74) is 0.392. The van der Waals surface area contributed by atoms with Gasteiger partial charge in [-0.15, -0.1) is 0 Å². The van der Waals surface area contributed by atoms with E-state index in [9.17, 15) is 13.2 Å². The van der Waals surface area contributed by atoms with Crippen molar-refractivity contribution in [1.29, 1.82) is 0 Å². The standard InChI is InChI=1S/C10H12O6S/c1-7(10(11)12)16-9-4-2-8(3-5-9)6-17(13,14)15/h2-5,7H,6H2,1H3,(H,11,12)(H,13,14,15). The number of hydrogen-bond acceptors (Lipinski definition) is 4. The van der Waals surface area contributed by atoms with Crippen LogP contribution in [-0.2, 0) is 20.7 Å². The first-order valence-corrected chi connectivity index (χ1v) is 6.32. The van der Waals surface area contributed by atoms with Gasteiger partial charge in [0.05, 0.1) is 0 Å². The Morgan fingerprint density at radius 2 is 1.88 bits per heavy atom. The summed E-state index contributed by atoms with van der Waals surface area (Å²) in [4.78, 5) is 10.5. The number of hydrogen-bond donors (Lipinski definition) is 2. The number of carboxylic acid groups (broad SMARTS) is 1. The molecular formula is C10H12O6S. The summed E-state index contributed by atoms with van der Waals surface area (Å²) in [5.74, 6) is -1.26. The average molecular weight is 260 g/mol. The molecule has 7 heteroatoms. The summed E-state index contributed by atoms with van der Waals surface area (Å²) < 4.78 is 34.9. The van der Waals surface area contributed by atoms with E-state index in [0.717, 1.165) is 0 Å². The van der Waals surface area contributed by atoms with E-state index in [2.05, 4.69) is 0 Å². The zero-order valence-electron chi connectivity index (χ0n) is 9.03. The summed E-state index contributed by atoms with van der Waals surface area (Å²) in [5, 5.41) is 8.61. The number of ether oxygens (including phenoxy) is 1. The fraction of sp³-hybridized carbons (Fsp3) is 0.300. The van der Waals surface area contributed by atoms with Gasteiger partial charge in [-0.1, -0.05) is 12.1 Å². The molecule has 0 spiro atoms. The van der Waals surface area contributed by atoms with Crippen LogP contribution in [0.15, 0.2) is 24.3 Å². The first-order valence-electron chi connectivity index (χ1n) is 4.71. The van der Waals surface area contributed by atoms with Crippen molar-refractivity contribution in [2.24, 2.45) is 0 Å². The maximum Gasteiger partial charge on any atom is 0.344 e. The summed E-state index contributed by atoms with van der Waals surface area (Å²) >= 11 is 0. The van der Waals surface area contributed by atoms with Gasteiger partial charge < -0.3 is 9.84 Å². The lowest BCUT2D eigenvalue weighted by Gasteiger charge is -2.10. The van der Waals surface area contributed by atoms with Crippen LogP contribution in [0.1, 0.15) is 12.5 Å². The second-order valence-electron chi connectivity index (χ2n) is 3.47. The predicted molar refractivity (Wildman–Crippen MR) is 59.4 cm³/mol. The molecule has 0 radical (unpaired) electrons. The van der Waals surface area contributed by atoms with Gasteiger partial charge in [0.25, 0.3) is 10.1 Å². The van der Waals surface area contributed by atoms with Gasteiger partial charge in [0, 0.05) is 0 Å². The van der Waals surface area contributed by atoms with E-state index in [1.54, 1.807) is 0 Å². The minimum absolute atomic E-state index is 0.319. The second-order valence-corrected chi connectivity index (χ2v) is 4.92. The van der Waals surface area contributed by atoms with Crippen molar-refractivity contribution in [3.8, 4) is 5.75 Å². The van der Waals surface area contributed by atoms with Gasteiger partial charge in [0.2, 0.25) is 0 Å². The first-order chi connectivity index (χ1) is 7.78. The third-order valence-corrected chi connectivity index (χ3v) is 2.63. The number of benzene rings is 1. The summed E-state index contributed by atoms with van der Waals surface area (Å²) in [7, 11) is -4.06. The normalized spacial score (nSPS) is 13.1.